The van der Waals surface area contributed by atoms with Crippen molar-refractivity contribution in [3.63, 3.8) is 0 Å². The molecule has 4 rings (SSSR count). The standard InChI is InChI=1S/C24H21N3O4S/c1-16-12-13-19(14-17(16)2)25-23(28)21-15-18-8-6-7-11-22(18)31-24(21)26-27-32(29,30)20-9-4-3-5-10-20/h3-15,27H,1-2H3,(H,25,28)/b26-24+. The molecular weight excluding hydrogens is 426 g/mol. The number of anilines is 1. The molecule has 1 heterocycles. The fourth-order valence-electron chi connectivity index (χ4n) is 3.09. The van der Waals surface area contributed by atoms with Gasteiger partial charge in [-0.2, -0.15) is 13.2 Å². The molecule has 0 saturated carbocycles. The number of rotatable bonds is 5. The van der Waals surface area contributed by atoms with Gasteiger partial charge in [0, 0.05) is 11.1 Å². The molecule has 0 fully saturated rings. The van der Waals surface area contributed by atoms with Gasteiger partial charge >= 0.3 is 0 Å². The first kappa shape index (κ1) is 21.3. The zero-order valence-electron chi connectivity index (χ0n) is 17.5. The summed E-state index contributed by atoms with van der Waals surface area (Å²) in [6, 6.07) is 22.1. The zero-order valence-corrected chi connectivity index (χ0v) is 18.3. The number of aryl methyl sites for hydroxylation is 2. The molecule has 0 saturated heterocycles. The number of para-hydroxylation sites is 1. The summed E-state index contributed by atoms with van der Waals surface area (Å²) in [4.78, 5) is 15.3. The van der Waals surface area contributed by atoms with Crippen molar-refractivity contribution in [2.45, 2.75) is 18.7 Å². The first-order valence-electron chi connectivity index (χ1n) is 9.85. The van der Waals surface area contributed by atoms with Crippen LogP contribution in [0, 0.1) is 13.8 Å². The molecule has 162 valence electrons. The molecule has 0 aliphatic heterocycles. The van der Waals surface area contributed by atoms with Crippen molar-refractivity contribution < 1.29 is 17.6 Å². The number of nitrogens with zero attached hydrogens (tertiary/aromatic N) is 1. The lowest BCUT2D eigenvalue weighted by Crippen LogP contribution is -2.27. The minimum Gasteiger partial charge on any atom is -0.436 e. The highest BCUT2D eigenvalue weighted by molar-refractivity contribution is 7.89. The number of nitrogens with one attached hydrogen (secondary N) is 2. The van der Waals surface area contributed by atoms with Crippen LogP contribution in [0.4, 0.5) is 5.69 Å². The molecule has 1 amide bonds. The fourth-order valence-corrected chi connectivity index (χ4v) is 3.91. The Hall–Kier alpha value is -3.91. The molecule has 0 aliphatic carbocycles. The Kier molecular flexibility index (Phi) is 5.79. The SMILES string of the molecule is Cc1ccc(NC(=O)c2cc3ccccc3o/c2=N/NS(=O)(=O)c2ccccc2)cc1C. The second-order valence-electron chi connectivity index (χ2n) is 7.28. The van der Waals surface area contributed by atoms with Crippen LogP contribution in [0.15, 0.2) is 93.3 Å². The number of hydrogen-bond acceptors (Lipinski definition) is 5. The van der Waals surface area contributed by atoms with E-state index < -0.39 is 15.9 Å². The second-order valence-corrected chi connectivity index (χ2v) is 8.94. The maximum atomic E-state index is 13.1. The number of amides is 1. The number of fused-ring (bicyclic) bond motifs is 1. The van der Waals surface area contributed by atoms with Crippen LogP contribution in [-0.4, -0.2) is 14.3 Å². The highest BCUT2D eigenvalue weighted by Gasteiger charge is 2.16. The van der Waals surface area contributed by atoms with Crippen molar-refractivity contribution >= 4 is 32.6 Å². The van der Waals surface area contributed by atoms with Gasteiger partial charge in [-0.1, -0.05) is 42.5 Å². The van der Waals surface area contributed by atoms with E-state index in [0.29, 0.717) is 16.7 Å². The molecule has 7 nitrogen and oxygen atoms in total. The lowest BCUT2D eigenvalue weighted by atomic mass is 10.1. The average molecular weight is 448 g/mol. The number of carbonyl (C=O) groups excluding carboxylic acids is 1. The molecule has 0 bridgehead atoms. The van der Waals surface area contributed by atoms with E-state index in [0.717, 1.165) is 11.1 Å². The fraction of sp³-hybridized carbons (Fsp3) is 0.0833. The maximum Gasteiger partial charge on any atom is 0.276 e. The van der Waals surface area contributed by atoms with Gasteiger partial charge in [0.05, 0.1) is 4.90 Å². The third-order valence-corrected chi connectivity index (χ3v) is 6.21. The molecule has 0 atom stereocenters. The Labute approximate surface area is 185 Å². The van der Waals surface area contributed by atoms with E-state index in [1.807, 2.05) is 32.0 Å². The second kappa shape index (κ2) is 8.68. The summed E-state index contributed by atoms with van der Waals surface area (Å²) in [5.41, 5.74) is 3.17. The predicted octanol–water partition coefficient (Wildman–Crippen LogP) is 4.10. The van der Waals surface area contributed by atoms with Crippen LogP contribution < -0.4 is 15.7 Å². The van der Waals surface area contributed by atoms with Crippen LogP contribution in [0.3, 0.4) is 0 Å². The van der Waals surface area contributed by atoms with Crippen molar-refractivity contribution in [1.29, 1.82) is 0 Å². The van der Waals surface area contributed by atoms with Gasteiger partial charge in [0.2, 0.25) is 5.55 Å². The number of benzene rings is 3. The smallest absolute Gasteiger partial charge is 0.276 e. The monoisotopic (exact) mass is 447 g/mol. The largest absolute Gasteiger partial charge is 0.436 e. The molecule has 4 aromatic rings. The Morgan fingerprint density at radius 1 is 0.875 bits per heavy atom. The molecule has 2 N–H and O–H groups in total. The third kappa shape index (κ3) is 4.55. The van der Waals surface area contributed by atoms with Gasteiger partial charge in [0.15, 0.2) is 0 Å². The first-order valence-corrected chi connectivity index (χ1v) is 11.3. The molecule has 0 radical (unpaired) electrons. The van der Waals surface area contributed by atoms with Gasteiger partial charge in [0.1, 0.15) is 11.1 Å². The van der Waals surface area contributed by atoms with Gasteiger partial charge in [-0.15, -0.1) is 5.10 Å². The minimum absolute atomic E-state index is 0.0469. The van der Waals surface area contributed by atoms with Gasteiger partial charge in [-0.25, -0.2) is 0 Å². The van der Waals surface area contributed by atoms with E-state index in [1.165, 1.54) is 12.1 Å². The molecule has 0 spiro atoms. The van der Waals surface area contributed by atoms with E-state index in [-0.39, 0.29) is 16.0 Å². The molecule has 3 aromatic carbocycles. The molecule has 0 aliphatic rings. The van der Waals surface area contributed by atoms with Gasteiger partial charge in [0.25, 0.3) is 15.9 Å². The van der Waals surface area contributed by atoms with E-state index in [4.69, 9.17) is 4.42 Å². The van der Waals surface area contributed by atoms with Crippen LogP contribution >= 0.6 is 0 Å². The van der Waals surface area contributed by atoms with Gasteiger partial charge < -0.3 is 9.73 Å². The number of carbonyl (C=O) groups is 1. The van der Waals surface area contributed by atoms with E-state index in [9.17, 15) is 13.2 Å². The van der Waals surface area contributed by atoms with Crippen LogP contribution in [0.1, 0.15) is 21.5 Å². The van der Waals surface area contributed by atoms with Crippen LogP contribution in [0.25, 0.3) is 11.0 Å². The lowest BCUT2D eigenvalue weighted by Gasteiger charge is -2.09. The molecule has 32 heavy (non-hydrogen) atoms. The Morgan fingerprint density at radius 2 is 1.59 bits per heavy atom. The quantitative estimate of drug-likeness (QED) is 0.450. The minimum atomic E-state index is -3.93. The van der Waals surface area contributed by atoms with E-state index >= 15 is 0 Å². The highest BCUT2D eigenvalue weighted by atomic mass is 32.2. The van der Waals surface area contributed by atoms with Crippen LogP contribution in [0.2, 0.25) is 0 Å². The van der Waals surface area contributed by atoms with Gasteiger partial charge in [-0.3, -0.25) is 4.79 Å². The Balaban J connectivity index is 1.75. The molecule has 0 unspecified atom stereocenters. The van der Waals surface area contributed by atoms with Crippen LogP contribution in [-0.2, 0) is 10.0 Å². The van der Waals surface area contributed by atoms with E-state index in [1.54, 1.807) is 48.5 Å². The molecule has 8 heteroatoms. The zero-order chi connectivity index (χ0) is 22.7. The summed E-state index contributed by atoms with van der Waals surface area (Å²) in [6.45, 7) is 3.94. The summed E-state index contributed by atoms with van der Waals surface area (Å²) < 4.78 is 30.9. The predicted molar refractivity (Wildman–Crippen MR) is 122 cm³/mol. The normalized spacial score (nSPS) is 12.0. The average Bonchev–Trinajstić information content (AvgIpc) is 2.80. The van der Waals surface area contributed by atoms with Crippen molar-refractivity contribution in [2.75, 3.05) is 5.32 Å². The Bertz CT molecular complexity index is 1480. The topological polar surface area (TPSA) is 101 Å². The summed E-state index contributed by atoms with van der Waals surface area (Å²) in [5.74, 6) is -0.472. The van der Waals surface area contributed by atoms with E-state index in [2.05, 4.69) is 15.2 Å². The van der Waals surface area contributed by atoms with Crippen molar-refractivity contribution in [2.24, 2.45) is 5.10 Å². The Morgan fingerprint density at radius 3 is 2.34 bits per heavy atom. The lowest BCUT2D eigenvalue weighted by molar-refractivity contribution is 0.102. The first-order chi connectivity index (χ1) is 15.3. The van der Waals surface area contributed by atoms with Crippen LogP contribution in [0.5, 0.6) is 0 Å². The molecule has 1 aromatic heterocycles. The summed E-state index contributed by atoms with van der Waals surface area (Å²) in [5, 5.41) is 7.44. The summed E-state index contributed by atoms with van der Waals surface area (Å²) >= 11 is 0. The van der Waals surface area contributed by atoms with Crippen molar-refractivity contribution in [1.82, 2.24) is 4.83 Å². The van der Waals surface area contributed by atoms with Crippen molar-refractivity contribution in [3.8, 4) is 0 Å². The maximum absolute atomic E-state index is 13.1. The molecular formula is C24H21N3O4S. The third-order valence-electron chi connectivity index (χ3n) is 4.99. The summed E-state index contributed by atoms with van der Waals surface area (Å²) in [6.07, 6.45) is 0. The highest BCUT2D eigenvalue weighted by Crippen LogP contribution is 2.17. The summed E-state index contributed by atoms with van der Waals surface area (Å²) in [7, 11) is -3.93. The van der Waals surface area contributed by atoms with Gasteiger partial charge in [-0.05, 0) is 61.4 Å². The van der Waals surface area contributed by atoms with Crippen molar-refractivity contribution in [3.05, 3.63) is 101 Å². The number of hydrogen-bond donors (Lipinski definition) is 2. The number of sulfonamides is 1.